The topological polar surface area (TPSA) is 104 Å². The molecule has 1 unspecified atom stereocenters. The second-order valence-corrected chi connectivity index (χ2v) is 9.63. The van der Waals surface area contributed by atoms with Gasteiger partial charge in [-0.05, 0) is 48.8 Å². The van der Waals surface area contributed by atoms with Crippen molar-refractivity contribution < 1.29 is 13.2 Å². The number of H-pyrrole nitrogens is 1. The van der Waals surface area contributed by atoms with E-state index in [2.05, 4.69) is 20.0 Å². The molecule has 0 bridgehead atoms. The molecule has 0 aliphatic carbocycles. The minimum atomic E-state index is -4.07. The molecule has 3 rings (SSSR count). The lowest BCUT2D eigenvalue weighted by molar-refractivity contribution is -0.117. The quantitative estimate of drug-likeness (QED) is 0.460. The summed E-state index contributed by atoms with van der Waals surface area (Å²) in [5.74, 6) is 0.287. The molecule has 1 amide bonds. The highest BCUT2D eigenvalue weighted by atomic mass is 35.5. The average Bonchev–Trinajstić information content (AvgIpc) is 3.09. The standard InChI is InChI=1S/C18H18Cl2N4O3S2/c1-28-9-8-15(24-29(26,27)16-10-11(19)6-7-12(16)20)17(25)23-18-21-13-4-2-3-5-14(13)22-18/h2-7,10,15,24H,8-9H2,1H3,(H2,21,22,23,25). The first kappa shape index (κ1) is 21.9. The number of carbonyl (C=O) groups is 1. The number of aromatic amines is 1. The van der Waals surface area contributed by atoms with Crippen molar-refractivity contribution in [2.75, 3.05) is 17.3 Å². The number of hydrogen-bond donors (Lipinski definition) is 3. The molecular formula is C18H18Cl2N4O3S2. The summed E-state index contributed by atoms with van der Waals surface area (Å²) >= 11 is 13.4. The maximum absolute atomic E-state index is 12.8. The molecule has 154 valence electrons. The van der Waals surface area contributed by atoms with Gasteiger partial charge in [0.15, 0.2) is 0 Å². The minimum absolute atomic E-state index is 0.0169. The zero-order valence-electron chi connectivity index (χ0n) is 15.3. The Morgan fingerprint density at radius 2 is 2.00 bits per heavy atom. The number of thioether (sulfide) groups is 1. The van der Waals surface area contributed by atoms with Crippen LogP contribution in [-0.4, -0.2) is 42.3 Å². The summed E-state index contributed by atoms with van der Waals surface area (Å²) in [5, 5.41) is 2.88. The van der Waals surface area contributed by atoms with Crippen LogP contribution in [0.2, 0.25) is 10.0 Å². The maximum Gasteiger partial charge on any atom is 0.244 e. The van der Waals surface area contributed by atoms with Crippen LogP contribution in [0.3, 0.4) is 0 Å². The second kappa shape index (κ2) is 9.36. The summed E-state index contributed by atoms with van der Waals surface area (Å²) in [6.07, 6.45) is 2.15. The molecule has 29 heavy (non-hydrogen) atoms. The number of aromatic nitrogens is 2. The first-order valence-corrected chi connectivity index (χ1v) is 12.2. The molecule has 7 nitrogen and oxygen atoms in total. The summed E-state index contributed by atoms with van der Waals surface area (Å²) in [6, 6.07) is 10.4. The van der Waals surface area contributed by atoms with Crippen LogP contribution in [0.15, 0.2) is 47.4 Å². The molecule has 2 aromatic carbocycles. The molecule has 3 aromatic rings. The third kappa shape index (κ3) is 5.43. The maximum atomic E-state index is 12.8. The summed E-state index contributed by atoms with van der Waals surface area (Å²) < 4.78 is 28.1. The molecule has 0 radical (unpaired) electrons. The molecular weight excluding hydrogens is 455 g/mol. The number of imidazole rings is 1. The highest BCUT2D eigenvalue weighted by molar-refractivity contribution is 7.98. The number of fused-ring (bicyclic) bond motifs is 1. The van der Waals surface area contributed by atoms with Crippen molar-refractivity contribution in [3.63, 3.8) is 0 Å². The van der Waals surface area contributed by atoms with Crippen molar-refractivity contribution in [2.24, 2.45) is 0 Å². The lowest BCUT2D eigenvalue weighted by Crippen LogP contribution is -2.44. The van der Waals surface area contributed by atoms with Gasteiger partial charge in [0.2, 0.25) is 21.9 Å². The molecule has 0 aliphatic heterocycles. The molecule has 0 saturated carbocycles. The van der Waals surface area contributed by atoms with Crippen LogP contribution in [0.4, 0.5) is 5.95 Å². The Morgan fingerprint density at radius 3 is 2.72 bits per heavy atom. The van der Waals surface area contributed by atoms with E-state index in [0.29, 0.717) is 11.3 Å². The van der Waals surface area contributed by atoms with Gasteiger partial charge in [0.05, 0.1) is 16.1 Å². The Bertz CT molecular complexity index is 1100. The number of benzene rings is 2. The fourth-order valence-electron chi connectivity index (χ4n) is 2.63. The summed E-state index contributed by atoms with van der Waals surface area (Å²) in [7, 11) is -4.07. The summed E-state index contributed by atoms with van der Waals surface area (Å²) in [4.78, 5) is 19.9. The van der Waals surface area contributed by atoms with E-state index in [-0.39, 0.29) is 27.3 Å². The zero-order chi connectivity index (χ0) is 21.0. The van der Waals surface area contributed by atoms with Crippen LogP contribution in [0.1, 0.15) is 6.42 Å². The van der Waals surface area contributed by atoms with E-state index in [4.69, 9.17) is 23.2 Å². The third-order valence-electron chi connectivity index (χ3n) is 4.04. The molecule has 0 saturated heterocycles. The molecule has 0 fully saturated rings. The lowest BCUT2D eigenvalue weighted by Gasteiger charge is -2.18. The van der Waals surface area contributed by atoms with Crippen molar-refractivity contribution in [2.45, 2.75) is 17.4 Å². The molecule has 0 spiro atoms. The zero-order valence-corrected chi connectivity index (χ0v) is 18.4. The van der Waals surface area contributed by atoms with Gasteiger partial charge >= 0.3 is 0 Å². The van der Waals surface area contributed by atoms with Crippen LogP contribution in [0.25, 0.3) is 11.0 Å². The number of anilines is 1. The largest absolute Gasteiger partial charge is 0.324 e. The Kier molecular flexibility index (Phi) is 7.07. The molecule has 0 aliphatic rings. The van der Waals surface area contributed by atoms with Gasteiger partial charge in [-0.15, -0.1) is 0 Å². The predicted octanol–water partition coefficient (Wildman–Crippen LogP) is 3.91. The second-order valence-electron chi connectivity index (χ2n) is 6.12. The van der Waals surface area contributed by atoms with Crippen molar-refractivity contribution in [3.8, 4) is 0 Å². The van der Waals surface area contributed by atoms with E-state index in [1.54, 1.807) is 6.07 Å². The van der Waals surface area contributed by atoms with Gasteiger partial charge in [0.1, 0.15) is 10.9 Å². The van der Waals surface area contributed by atoms with E-state index in [0.717, 1.165) is 5.52 Å². The molecule has 1 aromatic heterocycles. The highest BCUT2D eigenvalue weighted by Crippen LogP contribution is 2.25. The van der Waals surface area contributed by atoms with E-state index < -0.39 is 22.0 Å². The number of halogens is 2. The van der Waals surface area contributed by atoms with Crippen LogP contribution in [0, 0.1) is 0 Å². The normalized spacial score (nSPS) is 12.8. The number of nitrogens with one attached hydrogen (secondary N) is 3. The number of hydrogen-bond acceptors (Lipinski definition) is 5. The Morgan fingerprint density at radius 1 is 1.24 bits per heavy atom. The fourth-order valence-corrected chi connectivity index (χ4v) is 5.09. The summed E-state index contributed by atoms with van der Waals surface area (Å²) in [5.41, 5.74) is 1.45. The van der Waals surface area contributed by atoms with Gasteiger partial charge in [-0.3, -0.25) is 10.1 Å². The number of rotatable bonds is 8. The van der Waals surface area contributed by atoms with Crippen molar-refractivity contribution in [1.82, 2.24) is 14.7 Å². The van der Waals surface area contributed by atoms with Gasteiger partial charge < -0.3 is 4.98 Å². The fraction of sp³-hybridized carbons (Fsp3) is 0.222. The van der Waals surface area contributed by atoms with E-state index >= 15 is 0 Å². The van der Waals surface area contributed by atoms with E-state index in [9.17, 15) is 13.2 Å². The molecule has 11 heteroatoms. The SMILES string of the molecule is CSCCC(NS(=O)(=O)c1cc(Cl)ccc1Cl)C(=O)Nc1nc2ccccc2[nH]1. The first-order valence-electron chi connectivity index (χ1n) is 8.52. The van der Waals surface area contributed by atoms with Crippen LogP contribution in [0.5, 0.6) is 0 Å². The van der Waals surface area contributed by atoms with E-state index in [1.165, 1.54) is 30.0 Å². The molecule has 1 heterocycles. The van der Waals surface area contributed by atoms with Gasteiger partial charge in [0, 0.05) is 5.02 Å². The van der Waals surface area contributed by atoms with Crippen molar-refractivity contribution in [3.05, 3.63) is 52.5 Å². The smallest absolute Gasteiger partial charge is 0.244 e. The van der Waals surface area contributed by atoms with Gasteiger partial charge in [-0.2, -0.15) is 16.5 Å². The van der Waals surface area contributed by atoms with Crippen LogP contribution < -0.4 is 10.0 Å². The Balaban J connectivity index is 1.82. The summed E-state index contributed by atoms with van der Waals surface area (Å²) in [6.45, 7) is 0. The van der Waals surface area contributed by atoms with Gasteiger partial charge in [-0.25, -0.2) is 13.4 Å². The number of amides is 1. The van der Waals surface area contributed by atoms with Crippen molar-refractivity contribution >= 4 is 67.9 Å². The van der Waals surface area contributed by atoms with Crippen LogP contribution in [-0.2, 0) is 14.8 Å². The number of para-hydroxylation sites is 2. The minimum Gasteiger partial charge on any atom is -0.324 e. The Labute approximate surface area is 182 Å². The van der Waals surface area contributed by atoms with E-state index in [1.807, 2.05) is 24.5 Å². The number of nitrogens with zero attached hydrogens (tertiary/aromatic N) is 1. The average molecular weight is 473 g/mol. The first-order chi connectivity index (χ1) is 13.8. The predicted molar refractivity (Wildman–Crippen MR) is 118 cm³/mol. The van der Waals surface area contributed by atoms with Gasteiger partial charge in [0.25, 0.3) is 0 Å². The highest BCUT2D eigenvalue weighted by Gasteiger charge is 2.27. The third-order valence-corrected chi connectivity index (χ3v) is 6.87. The van der Waals surface area contributed by atoms with Gasteiger partial charge in [-0.1, -0.05) is 35.3 Å². The number of carbonyl (C=O) groups excluding carboxylic acids is 1. The lowest BCUT2D eigenvalue weighted by atomic mass is 10.2. The van der Waals surface area contributed by atoms with Crippen LogP contribution >= 0.6 is 35.0 Å². The molecule has 1 atom stereocenters. The van der Waals surface area contributed by atoms with Crippen molar-refractivity contribution in [1.29, 1.82) is 0 Å². The number of sulfonamides is 1. The Hall–Kier alpha value is -1.78. The molecule has 3 N–H and O–H groups in total. The monoisotopic (exact) mass is 472 g/mol.